The van der Waals surface area contributed by atoms with Gasteiger partial charge >= 0.3 is 0 Å². The number of hydrogen-bond donors (Lipinski definition) is 4. The highest BCUT2D eigenvalue weighted by atomic mass is 35.5. The molecule has 0 saturated heterocycles. The van der Waals surface area contributed by atoms with Gasteiger partial charge in [0.2, 0.25) is 0 Å². The molecular weight excluding hydrogens is 327 g/mol. The van der Waals surface area contributed by atoms with E-state index in [-0.39, 0.29) is 11.7 Å². The number of hydroxylamine groups is 2. The maximum atomic E-state index is 9.24. The summed E-state index contributed by atoms with van der Waals surface area (Å²) >= 11 is 12.0. The van der Waals surface area contributed by atoms with Crippen molar-refractivity contribution < 1.29 is 10.4 Å². The quantitative estimate of drug-likeness (QED) is 0.381. The Bertz CT molecular complexity index is 658. The Hall–Kier alpha value is -2.12. The maximum absolute atomic E-state index is 9.24. The van der Waals surface area contributed by atoms with Crippen LogP contribution in [0, 0.1) is 0 Å². The van der Waals surface area contributed by atoms with Gasteiger partial charge in [-0.15, -0.1) is 0 Å². The third-order valence-corrected chi connectivity index (χ3v) is 3.24. The molecule has 0 atom stereocenters. The minimum absolute atomic E-state index is 0.129. The minimum atomic E-state index is -0.129. The number of para-hydroxylation sites is 2. The molecule has 4 N–H and O–H groups in total. The van der Waals surface area contributed by atoms with Gasteiger partial charge in [-0.3, -0.25) is 10.4 Å². The highest BCUT2D eigenvalue weighted by Crippen LogP contribution is 2.25. The summed E-state index contributed by atoms with van der Waals surface area (Å²) in [7, 11) is 0. The molecule has 0 bridgehead atoms. The van der Waals surface area contributed by atoms with Crippen LogP contribution in [0.4, 0.5) is 11.4 Å². The lowest BCUT2D eigenvalue weighted by atomic mass is 10.3. The van der Waals surface area contributed by atoms with Crippen molar-refractivity contribution in [1.82, 2.24) is 11.0 Å². The Kier molecular flexibility index (Phi) is 5.74. The van der Waals surface area contributed by atoms with Gasteiger partial charge in [-0.25, -0.2) is 20.9 Å². The molecule has 6 nitrogen and oxygen atoms in total. The Morgan fingerprint density at radius 3 is 1.41 bits per heavy atom. The molecule has 2 aromatic rings. The first kappa shape index (κ1) is 16.3. The van der Waals surface area contributed by atoms with Crippen molar-refractivity contribution in [3.8, 4) is 0 Å². The van der Waals surface area contributed by atoms with Crippen molar-refractivity contribution >= 4 is 46.2 Å². The topological polar surface area (TPSA) is 89.2 Å². The second-order valence-corrected chi connectivity index (χ2v) is 4.86. The SMILES string of the molecule is ONC(=Nc1ccccc1Cl)C(=Nc1ccccc1Cl)NO. The molecule has 2 rings (SSSR count). The van der Waals surface area contributed by atoms with Gasteiger partial charge in [-0.05, 0) is 24.3 Å². The van der Waals surface area contributed by atoms with Gasteiger partial charge in [0, 0.05) is 0 Å². The molecule has 0 fully saturated rings. The van der Waals surface area contributed by atoms with Crippen molar-refractivity contribution in [2.45, 2.75) is 0 Å². The monoisotopic (exact) mass is 338 g/mol. The number of halogens is 2. The fourth-order valence-corrected chi connectivity index (χ4v) is 1.94. The predicted molar refractivity (Wildman–Crippen MR) is 86.9 cm³/mol. The normalized spacial score (nSPS) is 12.2. The third-order valence-electron chi connectivity index (χ3n) is 2.61. The molecule has 0 aromatic heterocycles. The Morgan fingerprint density at radius 2 is 1.09 bits per heavy atom. The summed E-state index contributed by atoms with van der Waals surface area (Å²) in [4.78, 5) is 8.20. The van der Waals surface area contributed by atoms with Gasteiger partial charge < -0.3 is 0 Å². The number of amidine groups is 2. The molecule has 114 valence electrons. The van der Waals surface area contributed by atoms with Crippen LogP contribution in [0.1, 0.15) is 0 Å². The average Bonchev–Trinajstić information content (AvgIpc) is 2.54. The minimum Gasteiger partial charge on any atom is -0.290 e. The number of hydrogen-bond acceptors (Lipinski definition) is 4. The molecule has 0 heterocycles. The maximum Gasteiger partial charge on any atom is 0.195 e. The summed E-state index contributed by atoms with van der Waals surface area (Å²) < 4.78 is 0. The largest absolute Gasteiger partial charge is 0.290 e. The molecule has 8 heteroatoms. The van der Waals surface area contributed by atoms with E-state index in [9.17, 15) is 10.4 Å². The van der Waals surface area contributed by atoms with Crippen LogP contribution in [-0.2, 0) is 0 Å². The zero-order valence-electron chi connectivity index (χ0n) is 11.2. The highest BCUT2D eigenvalue weighted by Gasteiger charge is 2.10. The van der Waals surface area contributed by atoms with Crippen molar-refractivity contribution in [2.75, 3.05) is 0 Å². The average molecular weight is 339 g/mol. The molecule has 0 aliphatic heterocycles. The van der Waals surface area contributed by atoms with Crippen LogP contribution in [0.2, 0.25) is 10.0 Å². The molecule has 0 saturated carbocycles. The van der Waals surface area contributed by atoms with Crippen molar-refractivity contribution in [3.63, 3.8) is 0 Å². The van der Waals surface area contributed by atoms with Gasteiger partial charge in [0.05, 0.1) is 21.4 Å². The van der Waals surface area contributed by atoms with Crippen LogP contribution in [0.5, 0.6) is 0 Å². The molecule has 2 aromatic carbocycles. The summed E-state index contributed by atoms with van der Waals surface area (Å²) in [5, 5.41) is 19.2. The standard InChI is InChI=1S/C14H12Cl2N4O2/c15-9-5-1-3-7-11(9)17-13(19-21)14(20-22)18-12-8-4-2-6-10(12)16/h1-8,21-22H,(H,17,19)(H,18,20). The first-order chi connectivity index (χ1) is 10.7. The molecule has 0 aliphatic carbocycles. The number of nitrogens with zero attached hydrogens (tertiary/aromatic N) is 2. The lowest BCUT2D eigenvalue weighted by Gasteiger charge is -2.08. The first-order valence-electron chi connectivity index (χ1n) is 6.12. The molecular formula is C14H12Cl2N4O2. The van der Waals surface area contributed by atoms with Crippen LogP contribution < -0.4 is 11.0 Å². The fraction of sp³-hybridized carbons (Fsp3) is 0. The molecule has 0 aliphatic rings. The lowest BCUT2D eigenvalue weighted by molar-refractivity contribution is 0.223. The Morgan fingerprint density at radius 1 is 0.727 bits per heavy atom. The summed E-state index contributed by atoms with van der Waals surface area (Å²) in [5.74, 6) is -0.258. The molecule has 0 unspecified atom stereocenters. The van der Waals surface area contributed by atoms with E-state index in [1.54, 1.807) is 48.5 Å². The van der Waals surface area contributed by atoms with Gasteiger partial charge in [-0.2, -0.15) is 0 Å². The zero-order chi connectivity index (χ0) is 15.9. The van der Waals surface area contributed by atoms with Gasteiger partial charge in [0.1, 0.15) is 0 Å². The third kappa shape index (κ3) is 3.96. The van der Waals surface area contributed by atoms with Crippen molar-refractivity contribution in [1.29, 1.82) is 0 Å². The van der Waals surface area contributed by atoms with E-state index in [1.165, 1.54) is 0 Å². The molecule has 22 heavy (non-hydrogen) atoms. The van der Waals surface area contributed by atoms with E-state index in [0.29, 0.717) is 21.4 Å². The van der Waals surface area contributed by atoms with Gasteiger partial charge in [0.25, 0.3) is 0 Å². The Labute approximate surface area is 136 Å². The summed E-state index contributed by atoms with van der Waals surface area (Å²) in [6, 6.07) is 13.5. The summed E-state index contributed by atoms with van der Waals surface area (Å²) in [6.45, 7) is 0. The predicted octanol–water partition coefficient (Wildman–Crippen LogP) is 3.71. The summed E-state index contributed by atoms with van der Waals surface area (Å²) in [6.07, 6.45) is 0. The van der Waals surface area contributed by atoms with E-state index < -0.39 is 0 Å². The lowest BCUT2D eigenvalue weighted by Crippen LogP contribution is -2.37. The number of nitrogens with one attached hydrogen (secondary N) is 2. The van der Waals surface area contributed by atoms with Gasteiger partial charge in [-0.1, -0.05) is 47.5 Å². The van der Waals surface area contributed by atoms with E-state index in [1.807, 2.05) is 11.0 Å². The van der Waals surface area contributed by atoms with Crippen LogP contribution in [0.3, 0.4) is 0 Å². The zero-order valence-corrected chi connectivity index (χ0v) is 12.7. The Balaban J connectivity index is 2.44. The summed E-state index contributed by atoms with van der Waals surface area (Å²) in [5.41, 5.74) is 4.51. The molecule has 0 radical (unpaired) electrons. The van der Waals surface area contributed by atoms with Crippen molar-refractivity contribution in [3.05, 3.63) is 58.6 Å². The highest BCUT2D eigenvalue weighted by molar-refractivity contribution is 6.42. The van der Waals surface area contributed by atoms with Crippen LogP contribution in [0.25, 0.3) is 0 Å². The van der Waals surface area contributed by atoms with Crippen molar-refractivity contribution in [2.24, 2.45) is 9.98 Å². The first-order valence-corrected chi connectivity index (χ1v) is 6.88. The van der Waals surface area contributed by atoms with Gasteiger partial charge in [0.15, 0.2) is 11.7 Å². The van der Waals surface area contributed by atoms with E-state index in [2.05, 4.69) is 9.98 Å². The van der Waals surface area contributed by atoms with Crippen LogP contribution >= 0.6 is 23.2 Å². The van der Waals surface area contributed by atoms with E-state index >= 15 is 0 Å². The smallest absolute Gasteiger partial charge is 0.195 e. The number of benzene rings is 2. The number of rotatable bonds is 2. The van der Waals surface area contributed by atoms with E-state index in [0.717, 1.165) is 0 Å². The number of aliphatic imine (C=N–C) groups is 2. The van der Waals surface area contributed by atoms with Crippen LogP contribution in [-0.4, -0.2) is 22.1 Å². The molecule has 0 spiro atoms. The van der Waals surface area contributed by atoms with E-state index in [4.69, 9.17) is 23.2 Å². The second-order valence-electron chi connectivity index (χ2n) is 4.05. The second kappa shape index (κ2) is 7.77. The van der Waals surface area contributed by atoms with Crippen LogP contribution in [0.15, 0.2) is 58.5 Å². The fourth-order valence-electron chi connectivity index (χ4n) is 1.59. The molecule has 0 amide bonds.